The van der Waals surface area contributed by atoms with E-state index in [2.05, 4.69) is 10.0 Å². The monoisotopic (exact) mass is 278 g/mol. The average Bonchev–Trinajstić information content (AvgIpc) is 2.43. The van der Waals surface area contributed by atoms with E-state index in [1.165, 1.54) is 0 Å². The van der Waals surface area contributed by atoms with E-state index in [4.69, 9.17) is 0 Å². The molecule has 0 spiro atoms. The molecule has 0 heterocycles. The largest absolute Gasteiger partial charge is 0.357 e. The van der Waals surface area contributed by atoms with Gasteiger partial charge in [-0.3, -0.25) is 4.79 Å². The minimum atomic E-state index is -3.54. The molecule has 0 aliphatic rings. The van der Waals surface area contributed by atoms with Gasteiger partial charge in [0.25, 0.3) is 0 Å². The van der Waals surface area contributed by atoms with E-state index < -0.39 is 10.0 Å². The normalized spacial score (nSPS) is 11.4. The third-order valence-corrected chi connectivity index (χ3v) is 4.13. The Morgan fingerprint density at radius 3 is 2.47 bits per heavy atom. The van der Waals surface area contributed by atoms with E-state index >= 15 is 0 Å². The van der Waals surface area contributed by atoms with Gasteiger partial charge in [0.2, 0.25) is 16.4 Å². The average molecular weight is 278 g/mol. The van der Waals surface area contributed by atoms with Crippen molar-refractivity contribution in [2.45, 2.75) is 4.90 Å². The fourth-order valence-corrected chi connectivity index (χ4v) is 2.80. The van der Waals surface area contributed by atoms with Crippen molar-refractivity contribution in [3.05, 3.63) is 42.5 Å². The van der Waals surface area contributed by atoms with Gasteiger partial charge in [-0.05, 0) is 22.9 Å². The van der Waals surface area contributed by atoms with E-state index in [1.807, 2.05) is 24.3 Å². The Balaban J connectivity index is 2.20. The Morgan fingerprint density at radius 1 is 1.00 bits per heavy atom. The molecule has 0 bridgehead atoms. The second kappa shape index (κ2) is 5.81. The van der Waals surface area contributed by atoms with Crippen LogP contribution >= 0.6 is 0 Å². The van der Waals surface area contributed by atoms with Gasteiger partial charge in [0, 0.05) is 13.1 Å². The molecule has 2 aromatic carbocycles. The van der Waals surface area contributed by atoms with Gasteiger partial charge in [0.15, 0.2) is 0 Å². The number of fused-ring (bicyclic) bond motifs is 1. The quantitative estimate of drug-likeness (QED) is 0.608. The standard InChI is InChI=1S/C13H14N2O3S/c16-10-14-7-8-15-19(17,18)13-6-5-11-3-1-2-4-12(11)9-13/h1-6,9-10,15H,7-8H2,(H,14,16). The van der Waals surface area contributed by atoms with Crippen LogP contribution in [-0.2, 0) is 14.8 Å². The second-order valence-electron chi connectivity index (χ2n) is 3.98. The maximum atomic E-state index is 12.0. The molecule has 1 amide bonds. The minimum absolute atomic E-state index is 0.161. The number of nitrogens with one attached hydrogen (secondary N) is 2. The SMILES string of the molecule is O=CNCCNS(=O)(=O)c1ccc2ccccc2c1. The molecule has 0 saturated carbocycles. The van der Waals surface area contributed by atoms with Crippen molar-refractivity contribution < 1.29 is 13.2 Å². The van der Waals surface area contributed by atoms with Crippen LogP contribution in [0.2, 0.25) is 0 Å². The van der Waals surface area contributed by atoms with Crippen LogP contribution in [0.15, 0.2) is 47.4 Å². The Hall–Kier alpha value is -1.92. The molecule has 0 radical (unpaired) electrons. The first-order chi connectivity index (χ1) is 9.13. The van der Waals surface area contributed by atoms with Crippen LogP contribution in [-0.4, -0.2) is 27.9 Å². The van der Waals surface area contributed by atoms with E-state index in [-0.39, 0.29) is 18.0 Å². The zero-order valence-corrected chi connectivity index (χ0v) is 11.0. The van der Waals surface area contributed by atoms with Crippen molar-refractivity contribution in [2.75, 3.05) is 13.1 Å². The van der Waals surface area contributed by atoms with Crippen molar-refractivity contribution in [3.8, 4) is 0 Å². The Morgan fingerprint density at radius 2 is 1.74 bits per heavy atom. The summed E-state index contributed by atoms with van der Waals surface area (Å²) < 4.78 is 26.4. The Kier molecular flexibility index (Phi) is 4.13. The minimum Gasteiger partial charge on any atom is -0.357 e. The van der Waals surface area contributed by atoms with Crippen molar-refractivity contribution in [2.24, 2.45) is 0 Å². The van der Waals surface area contributed by atoms with Gasteiger partial charge in [-0.15, -0.1) is 0 Å². The zero-order valence-electron chi connectivity index (χ0n) is 10.2. The number of hydrogen-bond donors (Lipinski definition) is 2. The molecule has 0 aliphatic carbocycles. The maximum absolute atomic E-state index is 12.0. The first-order valence-electron chi connectivity index (χ1n) is 5.79. The lowest BCUT2D eigenvalue weighted by atomic mass is 10.1. The van der Waals surface area contributed by atoms with Crippen molar-refractivity contribution >= 4 is 27.2 Å². The molecule has 19 heavy (non-hydrogen) atoms. The number of rotatable bonds is 6. The fourth-order valence-electron chi connectivity index (χ4n) is 1.73. The van der Waals surface area contributed by atoms with Crippen LogP contribution in [0.25, 0.3) is 10.8 Å². The van der Waals surface area contributed by atoms with Gasteiger partial charge in [0.05, 0.1) is 4.90 Å². The van der Waals surface area contributed by atoms with Gasteiger partial charge >= 0.3 is 0 Å². The number of benzene rings is 2. The topological polar surface area (TPSA) is 75.3 Å². The summed E-state index contributed by atoms with van der Waals surface area (Å²) >= 11 is 0. The maximum Gasteiger partial charge on any atom is 0.240 e. The molecule has 0 atom stereocenters. The summed E-state index contributed by atoms with van der Waals surface area (Å²) in [6.07, 6.45) is 0.532. The number of amides is 1. The van der Waals surface area contributed by atoms with E-state index in [0.29, 0.717) is 6.41 Å². The predicted octanol–water partition coefficient (Wildman–Crippen LogP) is 0.864. The highest BCUT2D eigenvalue weighted by Gasteiger charge is 2.13. The van der Waals surface area contributed by atoms with Gasteiger partial charge in [-0.2, -0.15) is 0 Å². The lowest BCUT2D eigenvalue weighted by Crippen LogP contribution is -2.31. The molecule has 0 aromatic heterocycles. The predicted molar refractivity (Wildman–Crippen MR) is 73.2 cm³/mol. The van der Waals surface area contributed by atoms with Crippen LogP contribution in [0.3, 0.4) is 0 Å². The molecule has 100 valence electrons. The van der Waals surface area contributed by atoms with Gasteiger partial charge in [-0.25, -0.2) is 13.1 Å². The highest BCUT2D eigenvalue weighted by molar-refractivity contribution is 7.89. The molecule has 2 aromatic rings. The first-order valence-corrected chi connectivity index (χ1v) is 7.27. The van der Waals surface area contributed by atoms with Crippen LogP contribution in [0, 0.1) is 0 Å². The van der Waals surface area contributed by atoms with Gasteiger partial charge < -0.3 is 5.32 Å². The van der Waals surface area contributed by atoms with Crippen LogP contribution in [0.5, 0.6) is 0 Å². The summed E-state index contributed by atoms with van der Waals surface area (Å²) in [4.78, 5) is 10.3. The van der Waals surface area contributed by atoms with Gasteiger partial charge in [0.1, 0.15) is 0 Å². The molecule has 5 nitrogen and oxygen atoms in total. The Labute approximate surface area is 111 Å². The molecular formula is C13H14N2O3S. The van der Waals surface area contributed by atoms with E-state index in [0.717, 1.165) is 10.8 Å². The highest BCUT2D eigenvalue weighted by atomic mass is 32.2. The van der Waals surface area contributed by atoms with Crippen molar-refractivity contribution in [1.29, 1.82) is 0 Å². The molecule has 0 unspecified atom stereocenters. The lowest BCUT2D eigenvalue weighted by molar-refractivity contribution is -0.109. The highest BCUT2D eigenvalue weighted by Crippen LogP contribution is 2.18. The summed E-state index contributed by atoms with van der Waals surface area (Å²) in [6, 6.07) is 12.5. The van der Waals surface area contributed by atoms with Crippen LogP contribution < -0.4 is 10.0 Å². The number of hydrogen-bond acceptors (Lipinski definition) is 3. The van der Waals surface area contributed by atoms with Gasteiger partial charge in [-0.1, -0.05) is 30.3 Å². The second-order valence-corrected chi connectivity index (χ2v) is 5.75. The lowest BCUT2D eigenvalue weighted by Gasteiger charge is -2.07. The molecule has 0 fully saturated rings. The molecular weight excluding hydrogens is 264 g/mol. The third kappa shape index (κ3) is 3.30. The molecule has 0 aliphatic heterocycles. The smallest absolute Gasteiger partial charge is 0.240 e. The van der Waals surface area contributed by atoms with E-state index in [9.17, 15) is 13.2 Å². The molecule has 6 heteroatoms. The molecule has 2 rings (SSSR count). The van der Waals surface area contributed by atoms with Crippen molar-refractivity contribution in [1.82, 2.24) is 10.0 Å². The number of sulfonamides is 1. The number of carbonyl (C=O) groups excluding carboxylic acids is 1. The fraction of sp³-hybridized carbons (Fsp3) is 0.154. The van der Waals surface area contributed by atoms with Crippen LogP contribution in [0.1, 0.15) is 0 Å². The third-order valence-electron chi connectivity index (χ3n) is 2.68. The summed E-state index contributed by atoms with van der Waals surface area (Å²) in [5.74, 6) is 0. The molecule has 2 N–H and O–H groups in total. The van der Waals surface area contributed by atoms with Crippen LogP contribution in [0.4, 0.5) is 0 Å². The summed E-state index contributed by atoms with van der Waals surface area (Å²) in [7, 11) is -3.54. The van der Waals surface area contributed by atoms with Crippen molar-refractivity contribution in [3.63, 3.8) is 0 Å². The molecule has 0 saturated heterocycles. The van der Waals surface area contributed by atoms with E-state index in [1.54, 1.807) is 18.2 Å². The Bertz CT molecular complexity index is 683. The zero-order chi connectivity index (χ0) is 13.7. The summed E-state index contributed by atoms with van der Waals surface area (Å²) in [5, 5.41) is 4.26. The summed E-state index contributed by atoms with van der Waals surface area (Å²) in [5.41, 5.74) is 0. The summed E-state index contributed by atoms with van der Waals surface area (Å²) in [6.45, 7) is 0.421. The number of carbonyl (C=O) groups is 1. The first kappa shape index (κ1) is 13.5.